The number of aromatic amines is 1. The van der Waals surface area contributed by atoms with Crippen LogP contribution in [0.4, 0.5) is 32.2 Å². The first-order valence-electron chi connectivity index (χ1n) is 9.85. The van der Waals surface area contributed by atoms with E-state index in [1.54, 1.807) is 17.9 Å². The summed E-state index contributed by atoms with van der Waals surface area (Å²) >= 11 is 0. The lowest BCUT2D eigenvalue weighted by molar-refractivity contribution is 0.578. The van der Waals surface area contributed by atoms with Crippen molar-refractivity contribution in [3.05, 3.63) is 47.4 Å². The van der Waals surface area contributed by atoms with Crippen LogP contribution in [0, 0.1) is 18.6 Å². The van der Waals surface area contributed by atoms with E-state index in [4.69, 9.17) is 5.73 Å². The maximum absolute atomic E-state index is 14.9. The number of nitrogen functional groups attached to an aromatic ring is 1. The van der Waals surface area contributed by atoms with E-state index in [2.05, 4.69) is 25.1 Å². The zero-order valence-electron chi connectivity index (χ0n) is 17.5. The Bertz CT molecular complexity index is 1220. The zero-order valence-corrected chi connectivity index (χ0v) is 18.3. The molecular formula is C19H22F2N8O2S. The number of nitrogens with one attached hydrogen (secondary N) is 1. The fourth-order valence-electron chi connectivity index (χ4n) is 3.45. The van der Waals surface area contributed by atoms with E-state index in [1.807, 2.05) is 6.92 Å². The lowest BCUT2D eigenvalue weighted by Gasteiger charge is -2.31. The molecule has 0 aromatic carbocycles. The molecule has 0 saturated carbocycles. The summed E-state index contributed by atoms with van der Waals surface area (Å²) in [6.07, 6.45) is 1.10. The number of sulfone groups is 1. The van der Waals surface area contributed by atoms with Gasteiger partial charge >= 0.3 is 0 Å². The van der Waals surface area contributed by atoms with Crippen molar-refractivity contribution < 1.29 is 17.2 Å². The first-order chi connectivity index (χ1) is 15.1. The highest BCUT2D eigenvalue weighted by molar-refractivity contribution is 7.91. The van der Waals surface area contributed by atoms with Gasteiger partial charge in [-0.15, -0.1) is 0 Å². The third kappa shape index (κ3) is 4.33. The third-order valence-corrected chi connectivity index (χ3v) is 6.82. The second-order valence-corrected chi connectivity index (χ2v) is 9.85. The Labute approximate surface area is 183 Å². The van der Waals surface area contributed by atoms with Gasteiger partial charge in [-0.2, -0.15) is 19.5 Å². The number of aryl methyl sites for hydroxylation is 1. The molecule has 1 aliphatic rings. The molecule has 10 nitrogen and oxygen atoms in total. The van der Waals surface area contributed by atoms with Crippen molar-refractivity contribution in [1.82, 2.24) is 25.1 Å². The van der Waals surface area contributed by atoms with Gasteiger partial charge < -0.3 is 10.6 Å². The monoisotopic (exact) mass is 464 g/mol. The molecule has 1 aliphatic heterocycles. The van der Waals surface area contributed by atoms with Gasteiger partial charge in [0.1, 0.15) is 5.82 Å². The van der Waals surface area contributed by atoms with Crippen LogP contribution in [0.3, 0.4) is 0 Å². The number of hydrogen-bond acceptors (Lipinski definition) is 9. The lowest BCUT2D eigenvalue weighted by Crippen LogP contribution is -2.41. The second-order valence-electron chi connectivity index (χ2n) is 7.54. The maximum Gasteiger partial charge on any atom is 0.235 e. The Morgan fingerprint density at radius 1 is 1.22 bits per heavy atom. The van der Waals surface area contributed by atoms with Gasteiger partial charge in [0.2, 0.25) is 11.8 Å². The molecule has 32 heavy (non-hydrogen) atoms. The molecular weight excluding hydrogens is 442 g/mol. The summed E-state index contributed by atoms with van der Waals surface area (Å²) in [6.45, 7) is 3.78. The van der Waals surface area contributed by atoms with Gasteiger partial charge in [0.25, 0.3) is 0 Å². The number of anilines is 4. The van der Waals surface area contributed by atoms with Gasteiger partial charge in [-0.1, -0.05) is 0 Å². The Kier molecular flexibility index (Phi) is 5.67. The van der Waals surface area contributed by atoms with E-state index in [-0.39, 0.29) is 42.2 Å². The van der Waals surface area contributed by atoms with Crippen LogP contribution in [0.15, 0.2) is 24.4 Å². The van der Waals surface area contributed by atoms with Crippen molar-refractivity contribution in [3.8, 4) is 0 Å². The number of nitrogens with two attached hydrogens (primary N) is 1. The van der Waals surface area contributed by atoms with Crippen LogP contribution in [-0.2, 0) is 9.84 Å². The summed E-state index contributed by atoms with van der Waals surface area (Å²) in [4.78, 5) is 15.8. The number of H-pyrrole nitrogens is 1. The Morgan fingerprint density at radius 3 is 2.53 bits per heavy atom. The minimum atomic E-state index is -3.17. The minimum absolute atomic E-state index is 0.0532. The molecule has 3 N–H and O–H groups in total. The maximum atomic E-state index is 14.9. The SMILES string of the molecule is Cc1cc(N(c2nc(N)c(F)c(N3CCS(=O)(=O)CC3)n2)[C@@H](C)c2ccc(F)cn2)n[nH]1. The summed E-state index contributed by atoms with van der Waals surface area (Å²) in [5.41, 5.74) is 7.14. The molecule has 13 heteroatoms. The summed E-state index contributed by atoms with van der Waals surface area (Å²) in [5.74, 6) is -1.50. The molecule has 1 atom stereocenters. The normalized spacial score (nSPS) is 16.7. The molecule has 1 saturated heterocycles. The molecule has 0 radical (unpaired) electrons. The molecule has 4 heterocycles. The third-order valence-electron chi connectivity index (χ3n) is 5.21. The number of nitrogens with zero attached hydrogens (tertiary/aromatic N) is 6. The average molecular weight is 465 g/mol. The summed E-state index contributed by atoms with van der Waals surface area (Å²) in [7, 11) is -3.17. The molecule has 0 bridgehead atoms. The smallest absolute Gasteiger partial charge is 0.235 e. The zero-order chi connectivity index (χ0) is 23.0. The molecule has 0 amide bonds. The fourth-order valence-corrected chi connectivity index (χ4v) is 4.65. The quantitative estimate of drug-likeness (QED) is 0.580. The van der Waals surface area contributed by atoms with E-state index < -0.39 is 27.5 Å². The van der Waals surface area contributed by atoms with E-state index >= 15 is 0 Å². The van der Waals surface area contributed by atoms with Crippen molar-refractivity contribution in [2.24, 2.45) is 0 Å². The lowest BCUT2D eigenvalue weighted by atomic mass is 10.2. The van der Waals surface area contributed by atoms with E-state index in [1.165, 1.54) is 17.0 Å². The van der Waals surface area contributed by atoms with Gasteiger partial charge in [0.05, 0.1) is 29.4 Å². The summed E-state index contributed by atoms with van der Waals surface area (Å²) in [6, 6.07) is 4.04. The molecule has 0 unspecified atom stereocenters. The van der Waals surface area contributed by atoms with Gasteiger partial charge in [-0.05, 0) is 26.0 Å². The highest BCUT2D eigenvalue weighted by Gasteiger charge is 2.30. The van der Waals surface area contributed by atoms with E-state index in [0.717, 1.165) is 11.9 Å². The van der Waals surface area contributed by atoms with Gasteiger partial charge in [0.15, 0.2) is 27.3 Å². The molecule has 170 valence electrons. The molecule has 3 aromatic rings. The Morgan fingerprint density at radius 2 is 1.94 bits per heavy atom. The molecule has 0 spiro atoms. The largest absolute Gasteiger partial charge is 0.381 e. The van der Waals surface area contributed by atoms with Gasteiger partial charge in [-0.25, -0.2) is 12.8 Å². The molecule has 4 rings (SSSR count). The van der Waals surface area contributed by atoms with Crippen LogP contribution < -0.4 is 15.5 Å². The van der Waals surface area contributed by atoms with Crippen molar-refractivity contribution in [1.29, 1.82) is 0 Å². The minimum Gasteiger partial charge on any atom is -0.381 e. The molecule has 0 aliphatic carbocycles. The average Bonchev–Trinajstić information content (AvgIpc) is 3.17. The first-order valence-corrected chi connectivity index (χ1v) is 11.7. The number of pyridine rings is 1. The number of hydrogen-bond donors (Lipinski definition) is 2. The molecule has 1 fully saturated rings. The van der Waals surface area contributed by atoms with Gasteiger partial charge in [-0.3, -0.25) is 15.0 Å². The second kappa shape index (κ2) is 8.30. The van der Waals surface area contributed by atoms with Crippen LogP contribution in [0.2, 0.25) is 0 Å². The predicted molar refractivity (Wildman–Crippen MR) is 115 cm³/mol. The number of aromatic nitrogens is 5. The number of halogens is 2. The van der Waals surface area contributed by atoms with Crippen molar-refractivity contribution in [2.75, 3.05) is 40.1 Å². The number of rotatable bonds is 5. The first kappa shape index (κ1) is 21.9. The Hall–Kier alpha value is -3.35. The Balaban J connectivity index is 1.79. The predicted octanol–water partition coefficient (Wildman–Crippen LogP) is 1.90. The topological polar surface area (TPSA) is 134 Å². The van der Waals surface area contributed by atoms with Crippen LogP contribution in [0.25, 0.3) is 0 Å². The summed E-state index contributed by atoms with van der Waals surface area (Å²) < 4.78 is 51.8. The van der Waals surface area contributed by atoms with Crippen molar-refractivity contribution in [2.45, 2.75) is 19.9 Å². The molecule has 3 aromatic heterocycles. The highest BCUT2D eigenvalue weighted by atomic mass is 32.2. The highest BCUT2D eigenvalue weighted by Crippen LogP contribution is 2.34. The van der Waals surface area contributed by atoms with Crippen molar-refractivity contribution >= 4 is 33.2 Å². The van der Waals surface area contributed by atoms with Crippen LogP contribution in [0.5, 0.6) is 0 Å². The fraction of sp³-hybridized carbons (Fsp3) is 0.368. The van der Waals surface area contributed by atoms with Crippen LogP contribution in [-0.4, -0.2) is 58.2 Å². The van der Waals surface area contributed by atoms with E-state index in [0.29, 0.717) is 11.5 Å². The standard InChI is InChI=1S/C19H22F2N8O2S/c1-11-9-15(27-26-11)29(12(2)14-4-3-13(20)10-23-14)19-24-17(22)16(21)18(25-19)28-5-7-32(30,31)8-6-28/h3-4,9-10,12H,5-8H2,1-2H3,(H,26,27)(H2,22,24,25)/t12-/m0/s1. The van der Waals surface area contributed by atoms with Crippen molar-refractivity contribution in [3.63, 3.8) is 0 Å². The van der Waals surface area contributed by atoms with Gasteiger partial charge in [0, 0.05) is 24.8 Å². The van der Waals surface area contributed by atoms with Crippen LogP contribution >= 0.6 is 0 Å². The van der Waals surface area contributed by atoms with E-state index in [9.17, 15) is 17.2 Å². The summed E-state index contributed by atoms with van der Waals surface area (Å²) in [5, 5.41) is 7.10. The van der Waals surface area contributed by atoms with Crippen LogP contribution in [0.1, 0.15) is 24.4 Å².